The van der Waals surface area contributed by atoms with Crippen LogP contribution in [0.1, 0.15) is 23.9 Å². The molecular weight excluding hydrogens is 316 g/mol. The molecule has 25 heavy (non-hydrogen) atoms. The first kappa shape index (κ1) is 17.0. The topological polar surface area (TPSA) is 68.9 Å². The van der Waals surface area contributed by atoms with Gasteiger partial charge in [0.05, 0.1) is 11.2 Å². The molecule has 2 aromatic heterocycles. The first-order chi connectivity index (χ1) is 11.9. The van der Waals surface area contributed by atoms with Crippen LogP contribution in [-0.4, -0.2) is 20.3 Å². The maximum atomic E-state index is 12.6. The van der Waals surface area contributed by atoms with Crippen LogP contribution in [0.2, 0.25) is 0 Å². The summed E-state index contributed by atoms with van der Waals surface area (Å²) in [5, 5.41) is 7.99. The minimum absolute atomic E-state index is 0.0279. The quantitative estimate of drug-likeness (QED) is 0.795. The molecule has 0 bridgehead atoms. The van der Waals surface area contributed by atoms with Gasteiger partial charge in [-0.25, -0.2) is 0 Å². The third kappa shape index (κ3) is 3.07. The van der Waals surface area contributed by atoms with E-state index in [0.717, 1.165) is 28.9 Å². The highest BCUT2D eigenvalue weighted by molar-refractivity contribution is 5.92. The maximum absolute atomic E-state index is 12.6. The summed E-state index contributed by atoms with van der Waals surface area (Å²) in [6.07, 6.45) is 0.818. The fourth-order valence-electron chi connectivity index (χ4n) is 3.17. The van der Waals surface area contributed by atoms with Gasteiger partial charge in [0, 0.05) is 29.8 Å². The number of anilines is 1. The number of nitrogens with zero attached hydrogens (tertiary/aromatic N) is 3. The lowest BCUT2D eigenvalue weighted by Crippen LogP contribution is -2.23. The smallest absolute Gasteiger partial charge is 0.245 e. The van der Waals surface area contributed by atoms with Gasteiger partial charge in [0.2, 0.25) is 5.91 Å². The highest BCUT2D eigenvalue weighted by Gasteiger charge is 2.15. The second-order valence-corrected chi connectivity index (χ2v) is 6.20. The highest BCUT2D eigenvalue weighted by atomic mass is 16.2. The molecular formula is C19H22N4O2. The van der Waals surface area contributed by atoms with E-state index in [1.165, 1.54) is 0 Å². The van der Waals surface area contributed by atoms with Crippen LogP contribution >= 0.6 is 0 Å². The number of aryl methyl sites for hydroxylation is 3. The predicted molar refractivity (Wildman–Crippen MR) is 98.9 cm³/mol. The van der Waals surface area contributed by atoms with Crippen molar-refractivity contribution in [2.24, 2.45) is 7.05 Å². The molecule has 1 aromatic carbocycles. The van der Waals surface area contributed by atoms with Crippen molar-refractivity contribution < 1.29 is 4.79 Å². The van der Waals surface area contributed by atoms with Crippen molar-refractivity contribution in [1.82, 2.24) is 14.3 Å². The molecule has 3 rings (SSSR count). The molecule has 1 amide bonds. The average Bonchev–Trinajstić information content (AvgIpc) is 2.86. The minimum Gasteiger partial charge on any atom is -0.335 e. The van der Waals surface area contributed by atoms with Crippen molar-refractivity contribution in [1.29, 1.82) is 0 Å². The molecule has 0 fully saturated rings. The summed E-state index contributed by atoms with van der Waals surface area (Å²) in [7, 11) is 1.82. The van der Waals surface area contributed by atoms with E-state index in [0.29, 0.717) is 11.2 Å². The number of rotatable bonds is 4. The minimum atomic E-state index is -0.148. The SMILES string of the molecule is CCc1nn(C)c(NC(=O)Cn2c(C)cc(=O)c3ccccc32)c1C. The molecule has 0 spiro atoms. The first-order valence-electron chi connectivity index (χ1n) is 8.34. The van der Waals surface area contributed by atoms with Gasteiger partial charge in [-0.3, -0.25) is 14.3 Å². The number of nitrogens with one attached hydrogen (secondary N) is 1. The van der Waals surface area contributed by atoms with Gasteiger partial charge in [-0.05, 0) is 32.4 Å². The molecule has 3 aromatic rings. The Bertz CT molecular complexity index is 1010. The van der Waals surface area contributed by atoms with E-state index in [1.54, 1.807) is 16.8 Å². The van der Waals surface area contributed by atoms with Crippen molar-refractivity contribution in [3.63, 3.8) is 0 Å². The van der Waals surface area contributed by atoms with Crippen molar-refractivity contribution >= 4 is 22.6 Å². The number of pyridine rings is 1. The Balaban J connectivity index is 1.93. The molecule has 6 nitrogen and oxygen atoms in total. The van der Waals surface area contributed by atoms with Crippen LogP contribution in [0.3, 0.4) is 0 Å². The molecule has 1 N–H and O–H groups in total. The molecule has 0 atom stereocenters. The summed E-state index contributed by atoms with van der Waals surface area (Å²) < 4.78 is 3.56. The van der Waals surface area contributed by atoms with Crippen LogP contribution in [0.15, 0.2) is 35.1 Å². The molecule has 0 unspecified atom stereocenters. The van der Waals surface area contributed by atoms with E-state index in [4.69, 9.17) is 0 Å². The summed E-state index contributed by atoms with van der Waals surface area (Å²) in [5.74, 6) is 0.565. The van der Waals surface area contributed by atoms with E-state index < -0.39 is 0 Å². The van der Waals surface area contributed by atoms with Crippen LogP contribution in [0.25, 0.3) is 10.9 Å². The number of benzene rings is 1. The lowest BCUT2D eigenvalue weighted by Gasteiger charge is -2.14. The number of hydrogen-bond donors (Lipinski definition) is 1. The summed E-state index contributed by atoms with van der Waals surface area (Å²) >= 11 is 0. The Morgan fingerprint density at radius 3 is 2.64 bits per heavy atom. The molecule has 6 heteroatoms. The number of carbonyl (C=O) groups is 1. The van der Waals surface area contributed by atoms with Gasteiger partial charge >= 0.3 is 0 Å². The number of aromatic nitrogens is 3. The van der Waals surface area contributed by atoms with Gasteiger partial charge < -0.3 is 9.88 Å². The number of amides is 1. The fourth-order valence-corrected chi connectivity index (χ4v) is 3.17. The summed E-state index contributed by atoms with van der Waals surface area (Å²) in [4.78, 5) is 24.7. The van der Waals surface area contributed by atoms with E-state index in [2.05, 4.69) is 10.4 Å². The van der Waals surface area contributed by atoms with Crippen LogP contribution in [0, 0.1) is 13.8 Å². The van der Waals surface area contributed by atoms with Crippen molar-refractivity contribution in [3.8, 4) is 0 Å². The molecule has 0 saturated heterocycles. The number of carbonyl (C=O) groups excluding carboxylic acids is 1. The zero-order valence-corrected chi connectivity index (χ0v) is 15.0. The second-order valence-electron chi connectivity index (χ2n) is 6.20. The van der Waals surface area contributed by atoms with Crippen molar-refractivity contribution in [2.45, 2.75) is 33.7 Å². The Hall–Kier alpha value is -2.89. The molecule has 0 saturated carbocycles. The van der Waals surface area contributed by atoms with Crippen LogP contribution in [-0.2, 0) is 24.8 Å². The van der Waals surface area contributed by atoms with Gasteiger partial charge in [0.25, 0.3) is 0 Å². The van der Waals surface area contributed by atoms with E-state index >= 15 is 0 Å². The predicted octanol–water partition coefficient (Wildman–Crippen LogP) is 2.55. The maximum Gasteiger partial charge on any atom is 0.245 e. The van der Waals surface area contributed by atoms with Gasteiger partial charge in [-0.15, -0.1) is 0 Å². The lowest BCUT2D eigenvalue weighted by molar-refractivity contribution is -0.116. The summed E-state index contributed by atoms with van der Waals surface area (Å²) in [6.45, 7) is 5.97. The number of para-hydroxylation sites is 1. The Kier molecular flexibility index (Phi) is 4.44. The third-order valence-electron chi connectivity index (χ3n) is 4.50. The molecule has 0 radical (unpaired) electrons. The summed E-state index contributed by atoms with van der Waals surface area (Å²) in [5.41, 5.74) is 3.45. The molecule has 0 aliphatic carbocycles. The molecule has 0 aliphatic rings. The number of hydrogen-bond acceptors (Lipinski definition) is 3. The zero-order valence-electron chi connectivity index (χ0n) is 15.0. The largest absolute Gasteiger partial charge is 0.335 e. The monoisotopic (exact) mass is 338 g/mol. The Morgan fingerprint density at radius 2 is 1.96 bits per heavy atom. The third-order valence-corrected chi connectivity index (χ3v) is 4.50. The van der Waals surface area contributed by atoms with E-state index in [-0.39, 0.29) is 17.9 Å². The zero-order chi connectivity index (χ0) is 18.1. The van der Waals surface area contributed by atoms with Gasteiger partial charge in [-0.2, -0.15) is 5.10 Å². The van der Waals surface area contributed by atoms with Gasteiger partial charge in [0.1, 0.15) is 12.4 Å². The molecule has 0 aliphatic heterocycles. The second kappa shape index (κ2) is 6.55. The normalized spacial score (nSPS) is 11.0. The van der Waals surface area contributed by atoms with E-state index in [9.17, 15) is 9.59 Å². The lowest BCUT2D eigenvalue weighted by atomic mass is 10.2. The molecule has 2 heterocycles. The Morgan fingerprint density at radius 1 is 1.24 bits per heavy atom. The van der Waals surface area contributed by atoms with Crippen LogP contribution in [0.5, 0.6) is 0 Å². The molecule has 130 valence electrons. The first-order valence-corrected chi connectivity index (χ1v) is 8.34. The van der Waals surface area contributed by atoms with Crippen LogP contribution < -0.4 is 10.7 Å². The average molecular weight is 338 g/mol. The number of fused-ring (bicyclic) bond motifs is 1. The van der Waals surface area contributed by atoms with Crippen LogP contribution in [0.4, 0.5) is 5.82 Å². The Labute approximate surface area is 146 Å². The van der Waals surface area contributed by atoms with Crippen molar-refractivity contribution in [2.75, 3.05) is 5.32 Å². The van der Waals surface area contributed by atoms with Gasteiger partial charge in [-0.1, -0.05) is 19.1 Å². The van der Waals surface area contributed by atoms with E-state index in [1.807, 2.05) is 50.6 Å². The van der Waals surface area contributed by atoms with Gasteiger partial charge in [0.15, 0.2) is 5.43 Å². The summed E-state index contributed by atoms with van der Waals surface area (Å²) in [6, 6.07) is 8.91. The standard InChI is InChI=1S/C19H22N4O2/c1-5-15-13(3)19(22(4)21-15)20-18(25)11-23-12(2)10-17(24)14-8-6-7-9-16(14)23/h6-10H,5,11H2,1-4H3,(H,20,25). The highest BCUT2D eigenvalue weighted by Crippen LogP contribution is 2.19. The van der Waals surface area contributed by atoms with Crippen molar-refractivity contribution in [3.05, 3.63) is 57.5 Å². The fraction of sp³-hybridized carbons (Fsp3) is 0.316.